The van der Waals surface area contributed by atoms with Crippen molar-refractivity contribution < 1.29 is 0 Å². The third kappa shape index (κ3) is 2.82. The van der Waals surface area contributed by atoms with Crippen LogP contribution in [0, 0.1) is 13.8 Å². The van der Waals surface area contributed by atoms with Crippen molar-refractivity contribution >= 4 is 22.7 Å². The monoisotopic (exact) mass is 261 g/mol. The summed E-state index contributed by atoms with van der Waals surface area (Å²) in [6.07, 6.45) is 0. The minimum Gasteiger partial charge on any atom is -0.380 e. The summed E-state index contributed by atoms with van der Waals surface area (Å²) >= 11 is 1.70. The van der Waals surface area contributed by atoms with Crippen molar-refractivity contribution in [2.24, 2.45) is 0 Å². The van der Waals surface area contributed by atoms with Crippen molar-refractivity contribution in [3.8, 4) is 0 Å². The average Bonchev–Trinajstić information content (AvgIpc) is 2.73. The van der Waals surface area contributed by atoms with Crippen molar-refractivity contribution in [3.05, 3.63) is 39.8 Å². The number of aryl methyl sites for hydroxylation is 2. The van der Waals surface area contributed by atoms with Crippen LogP contribution in [0.5, 0.6) is 0 Å². The van der Waals surface area contributed by atoms with E-state index in [0.29, 0.717) is 0 Å². The topological polar surface area (TPSA) is 28.2 Å². The number of nitrogens with zero attached hydrogens (tertiary/aromatic N) is 2. The van der Waals surface area contributed by atoms with Crippen LogP contribution < -0.4 is 10.2 Å². The molecule has 0 amide bonds. The normalized spacial score (nSPS) is 10.4. The molecule has 0 radical (unpaired) electrons. The zero-order valence-corrected chi connectivity index (χ0v) is 12.1. The van der Waals surface area contributed by atoms with E-state index in [-0.39, 0.29) is 0 Å². The SMILES string of the molecule is Cc1ccc(NCc2scnc2C)cc1N(C)C. The van der Waals surface area contributed by atoms with E-state index < -0.39 is 0 Å². The Labute approximate surface area is 112 Å². The fourth-order valence-electron chi connectivity index (χ4n) is 1.88. The highest BCUT2D eigenvalue weighted by Crippen LogP contribution is 2.23. The number of aromatic nitrogens is 1. The fraction of sp³-hybridized carbons (Fsp3) is 0.357. The van der Waals surface area contributed by atoms with Crippen LogP contribution in [-0.2, 0) is 6.54 Å². The maximum atomic E-state index is 4.26. The second kappa shape index (κ2) is 5.40. The summed E-state index contributed by atoms with van der Waals surface area (Å²) in [4.78, 5) is 7.69. The Morgan fingerprint density at radius 2 is 2.06 bits per heavy atom. The number of hydrogen-bond donors (Lipinski definition) is 1. The van der Waals surface area contributed by atoms with Crippen LogP contribution in [0.25, 0.3) is 0 Å². The van der Waals surface area contributed by atoms with Gasteiger partial charge < -0.3 is 10.2 Å². The Morgan fingerprint density at radius 1 is 1.28 bits per heavy atom. The highest BCUT2D eigenvalue weighted by Gasteiger charge is 2.04. The van der Waals surface area contributed by atoms with Gasteiger partial charge in [0.25, 0.3) is 0 Å². The lowest BCUT2D eigenvalue weighted by atomic mass is 10.1. The highest BCUT2D eigenvalue weighted by atomic mass is 32.1. The van der Waals surface area contributed by atoms with Gasteiger partial charge in [0.05, 0.1) is 17.7 Å². The van der Waals surface area contributed by atoms with Crippen molar-refractivity contribution in [3.63, 3.8) is 0 Å². The third-order valence-corrected chi connectivity index (χ3v) is 3.92. The van der Waals surface area contributed by atoms with Gasteiger partial charge in [-0.15, -0.1) is 11.3 Å². The highest BCUT2D eigenvalue weighted by molar-refractivity contribution is 7.09. The smallest absolute Gasteiger partial charge is 0.0798 e. The van der Waals surface area contributed by atoms with Crippen molar-refractivity contribution in [1.29, 1.82) is 0 Å². The number of rotatable bonds is 4. The molecule has 2 aromatic rings. The predicted octanol–water partition coefficient (Wildman–Crippen LogP) is 3.44. The maximum Gasteiger partial charge on any atom is 0.0798 e. The summed E-state index contributed by atoms with van der Waals surface area (Å²) < 4.78 is 0. The molecule has 1 aromatic heterocycles. The quantitative estimate of drug-likeness (QED) is 0.914. The first-order valence-electron chi connectivity index (χ1n) is 5.98. The van der Waals surface area contributed by atoms with Gasteiger partial charge in [-0.25, -0.2) is 4.98 Å². The molecule has 0 spiro atoms. The fourth-order valence-corrected chi connectivity index (χ4v) is 2.60. The van der Waals surface area contributed by atoms with E-state index in [2.05, 4.69) is 54.4 Å². The van der Waals surface area contributed by atoms with E-state index in [9.17, 15) is 0 Å². The van der Waals surface area contributed by atoms with Crippen LogP contribution in [0.15, 0.2) is 23.7 Å². The molecule has 0 bridgehead atoms. The predicted molar refractivity (Wildman–Crippen MR) is 79.7 cm³/mol. The Kier molecular flexibility index (Phi) is 3.87. The molecule has 3 nitrogen and oxygen atoms in total. The summed E-state index contributed by atoms with van der Waals surface area (Å²) in [6, 6.07) is 6.46. The summed E-state index contributed by atoms with van der Waals surface area (Å²) in [6.45, 7) is 5.02. The molecule has 4 heteroatoms. The van der Waals surface area contributed by atoms with Crippen LogP contribution in [0.1, 0.15) is 16.1 Å². The molecule has 1 heterocycles. The van der Waals surface area contributed by atoms with Gasteiger partial charge in [0.15, 0.2) is 0 Å². The molecule has 0 saturated carbocycles. The van der Waals surface area contributed by atoms with Crippen LogP contribution in [0.4, 0.5) is 11.4 Å². The molecule has 1 N–H and O–H groups in total. The number of hydrogen-bond acceptors (Lipinski definition) is 4. The van der Waals surface area contributed by atoms with Crippen molar-refractivity contribution in [1.82, 2.24) is 4.98 Å². The first-order valence-corrected chi connectivity index (χ1v) is 6.86. The van der Waals surface area contributed by atoms with Crippen LogP contribution in [0.3, 0.4) is 0 Å². The minimum atomic E-state index is 0.840. The van der Waals surface area contributed by atoms with Crippen LogP contribution in [-0.4, -0.2) is 19.1 Å². The number of nitrogens with one attached hydrogen (secondary N) is 1. The van der Waals surface area contributed by atoms with Crippen LogP contribution >= 0.6 is 11.3 Å². The van der Waals surface area contributed by atoms with Gasteiger partial charge in [0.1, 0.15) is 0 Å². The molecule has 0 saturated heterocycles. The molecule has 96 valence electrons. The summed E-state index contributed by atoms with van der Waals surface area (Å²) in [5.74, 6) is 0. The molecule has 0 aliphatic rings. The van der Waals surface area contributed by atoms with Crippen molar-refractivity contribution in [2.75, 3.05) is 24.3 Å². The molecule has 0 fully saturated rings. The molecule has 1 aromatic carbocycles. The van der Waals surface area contributed by atoms with E-state index in [4.69, 9.17) is 0 Å². The van der Waals surface area contributed by atoms with Gasteiger partial charge in [-0.2, -0.15) is 0 Å². The van der Waals surface area contributed by atoms with E-state index in [1.807, 2.05) is 12.4 Å². The van der Waals surface area contributed by atoms with Gasteiger partial charge >= 0.3 is 0 Å². The van der Waals surface area contributed by atoms with E-state index in [1.54, 1.807) is 11.3 Å². The second-order valence-corrected chi connectivity index (χ2v) is 5.55. The summed E-state index contributed by atoms with van der Waals surface area (Å²) in [5, 5.41) is 3.45. The zero-order valence-electron chi connectivity index (χ0n) is 11.3. The van der Waals surface area contributed by atoms with Gasteiger partial charge in [0, 0.05) is 30.3 Å². The molecule has 0 atom stereocenters. The second-order valence-electron chi connectivity index (χ2n) is 4.61. The van der Waals surface area contributed by atoms with E-state index in [1.165, 1.54) is 16.1 Å². The Hall–Kier alpha value is -1.55. The van der Waals surface area contributed by atoms with E-state index in [0.717, 1.165) is 17.9 Å². The molecule has 18 heavy (non-hydrogen) atoms. The molecule has 0 aliphatic heterocycles. The molecule has 0 aliphatic carbocycles. The number of thiazole rings is 1. The lowest BCUT2D eigenvalue weighted by Gasteiger charge is -2.17. The number of benzene rings is 1. The summed E-state index contributed by atoms with van der Waals surface area (Å²) in [7, 11) is 4.14. The molecular weight excluding hydrogens is 242 g/mol. The van der Waals surface area contributed by atoms with Gasteiger partial charge in [0.2, 0.25) is 0 Å². The van der Waals surface area contributed by atoms with Gasteiger partial charge in [-0.1, -0.05) is 6.07 Å². The maximum absolute atomic E-state index is 4.26. The molecular formula is C14H19N3S. The lowest BCUT2D eigenvalue weighted by Crippen LogP contribution is -2.10. The van der Waals surface area contributed by atoms with Gasteiger partial charge in [-0.3, -0.25) is 0 Å². The minimum absolute atomic E-state index is 0.840. The zero-order chi connectivity index (χ0) is 13.1. The standard InChI is InChI=1S/C14H19N3S/c1-10-5-6-12(7-13(10)17(3)4)15-8-14-11(2)16-9-18-14/h5-7,9,15H,8H2,1-4H3. The summed E-state index contributed by atoms with van der Waals surface area (Å²) in [5.41, 5.74) is 6.71. The molecule has 0 unspecified atom stereocenters. The first-order chi connectivity index (χ1) is 8.58. The first kappa shape index (κ1) is 12.9. The largest absolute Gasteiger partial charge is 0.380 e. The van der Waals surface area contributed by atoms with E-state index >= 15 is 0 Å². The third-order valence-electron chi connectivity index (χ3n) is 2.99. The average molecular weight is 261 g/mol. The van der Waals surface area contributed by atoms with Crippen LogP contribution in [0.2, 0.25) is 0 Å². The Bertz CT molecular complexity index is 532. The Morgan fingerprint density at radius 3 is 2.67 bits per heavy atom. The Balaban J connectivity index is 2.10. The molecule has 2 rings (SSSR count). The van der Waals surface area contributed by atoms with Gasteiger partial charge in [-0.05, 0) is 31.5 Å². The number of anilines is 2. The lowest BCUT2D eigenvalue weighted by molar-refractivity contribution is 1.10. The van der Waals surface area contributed by atoms with Crippen molar-refractivity contribution in [2.45, 2.75) is 20.4 Å².